The maximum absolute atomic E-state index is 14.4. The summed E-state index contributed by atoms with van der Waals surface area (Å²) in [5.74, 6) is -1.32. The van der Waals surface area contributed by atoms with Crippen molar-refractivity contribution in [1.29, 1.82) is 0 Å². The number of carbonyl (C=O) groups is 1. The molecule has 1 aromatic rings. The van der Waals surface area contributed by atoms with E-state index >= 15 is 0 Å². The summed E-state index contributed by atoms with van der Waals surface area (Å²) in [5.41, 5.74) is 18.1. The van der Waals surface area contributed by atoms with Crippen LogP contribution >= 0.6 is 0 Å². The van der Waals surface area contributed by atoms with E-state index in [1.807, 2.05) is 0 Å². The molecule has 1 aliphatic carbocycles. The highest BCUT2D eigenvalue weighted by molar-refractivity contribution is 7.78. The lowest BCUT2D eigenvalue weighted by Gasteiger charge is -2.30. The number of anilines is 1. The molecule has 8 heteroatoms. The highest BCUT2D eigenvalue weighted by Crippen LogP contribution is 2.29. The molecule has 0 aliphatic heterocycles. The first-order valence-electron chi connectivity index (χ1n) is 8.17. The van der Waals surface area contributed by atoms with Gasteiger partial charge in [0.25, 0.3) is 5.91 Å². The van der Waals surface area contributed by atoms with Gasteiger partial charge < -0.3 is 22.5 Å². The van der Waals surface area contributed by atoms with Gasteiger partial charge in [0, 0.05) is 36.5 Å². The van der Waals surface area contributed by atoms with Gasteiger partial charge in [-0.1, -0.05) is 12.8 Å². The van der Waals surface area contributed by atoms with Gasteiger partial charge in [0.1, 0.15) is 5.82 Å². The average molecular weight is 366 g/mol. The van der Waals surface area contributed by atoms with E-state index in [4.69, 9.17) is 17.2 Å². The first kappa shape index (κ1) is 19.3. The van der Waals surface area contributed by atoms with E-state index in [-0.39, 0.29) is 29.0 Å². The zero-order valence-electron chi connectivity index (χ0n) is 14.2. The minimum absolute atomic E-state index is 0.00480. The van der Waals surface area contributed by atoms with Crippen molar-refractivity contribution in [3.05, 3.63) is 35.3 Å². The number of benzene rings is 1. The molecule has 1 aromatic carbocycles. The quantitative estimate of drug-likeness (QED) is 0.359. The molecule has 0 bridgehead atoms. The van der Waals surface area contributed by atoms with Crippen LogP contribution in [0.5, 0.6) is 0 Å². The Labute approximate surface area is 152 Å². The topological polar surface area (TPSA) is 120 Å². The second-order valence-corrected chi connectivity index (χ2v) is 6.81. The van der Waals surface area contributed by atoms with Crippen molar-refractivity contribution in [3.63, 3.8) is 0 Å². The lowest BCUT2D eigenvalue weighted by molar-refractivity contribution is 0.100. The molecular weight excluding hydrogens is 341 g/mol. The van der Waals surface area contributed by atoms with Gasteiger partial charge in [-0.3, -0.25) is 4.79 Å². The maximum atomic E-state index is 14.4. The van der Waals surface area contributed by atoms with Crippen LogP contribution in [-0.2, 0) is 12.6 Å². The monoisotopic (exact) mass is 366 g/mol. The number of hydrogen-bond donors (Lipinski definition) is 4. The molecule has 25 heavy (non-hydrogen) atoms. The first-order chi connectivity index (χ1) is 11.8. The summed E-state index contributed by atoms with van der Waals surface area (Å²) in [6.07, 6.45) is 5.47. The van der Waals surface area contributed by atoms with Gasteiger partial charge in [-0.25, -0.2) is 9.38 Å². The predicted octanol–water partition coefficient (Wildman–Crippen LogP) is 1.51. The molecule has 0 saturated heterocycles. The molecule has 6 nitrogen and oxygen atoms in total. The average Bonchev–Trinajstić information content (AvgIpc) is 2.51. The number of nitrogens with one attached hydrogen (secondary N) is 1. The molecule has 1 aliphatic rings. The van der Waals surface area contributed by atoms with Gasteiger partial charge >= 0.3 is 0 Å². The van der Waals surface area contributed by atoms with E-state index in [1.54, 1.807) is 13.0 Å². The number of halogens is 1. The molecule has 2 rings (SSSR count). The fourth-order valence-electron chi connectivity index (χ4n) is 2.88. The van der Waals surface area contributed by atoms with E-state index < -0.39 is 11.7 Å². The number of primary amides is 1. The smallest absolute Gasteiger partial charge is 0.251 e. The number of allylic oxidation sites excluding steroid dienone is 1. The van der Waals surface area contributed by atoms with Crippen molar-refractivity contribution < 1.29 is 9.18 Å². The van der Waals surface area contributed by atoms with Gasteiger partial charge in [-0.15, -0.1) is 0 Å². The van der Waals surface area contributed by atoms with E-state index in [1.165, 1.54) is 6.07 Å². The number of nitrogens with two attached hydrogens (primary N) is 3. The number of rotatable bonds is 5. The Balaban J connectivity index is 2.40. The van der Waals surface area contributed by atoms with Gasteiger partial charge in [0.15, 0.2) is 0 Å². The standard InChI is InChI=1S/C17H24FN5OS/c1-9(19)6-16(25)23-14-8-15(11(18)7-10(14)17(21)24)22-13-5-3-2-4-12(13)20/h6-8,12-13,22H,2-5,19-20H2,1H3,(H2,21,24)(H,23,25)/p+1/t12-,13+/m0/s1. The van der Waals surface area contributed by atoms with Crippen LogP contribution in [0.2, 0.25) is 0 Å². The molecule has 7 N–H and O–H groups in total. The summed E-state index contributed by atoms with van der Waals surface area (Å²) in [7, 11) is 0. The third-order valence-electron chi connectivity index (χ3n) is 4.12. The molecule has 0 radical (unpaired) electrons. The summed E-state index contributed by atoms with van der Waals surface area (Å²) in [5, 5.41) is 3.54. The van der Waals surface area contributed by atoms with Crippen LogP contribution in [0.15, 0.2) is 28.9 Å². The number of aliphatic imine (C=N–C) groups is 1. The maximum Gasteiger partial charge on any atom is 0.251 e. The minimum atomic E-state index is -0.758. The molecule has 2 atom stereocenters. The van der Waals surface area contributed by atoms with Gasteiger partial charge in [-0.2, -0.15) is 0 Å². The number of hydrogen-bond acceptors (Lipinski definition) is 5. The largest absolute Gasteiger partial charge is 0.402 e. The molecule has 136 valence electrons. The summed E-state index contributed by atoms with van der Waals surface area (Å²) < 4.78 is 14.4. The summed E-state index contributed by atoms with van der Waals surface area (Å²) in [4.78, 5) is 15.9. The van der Waals surface area contributed by atoms with Crippen molar-refractivity contribution in [2.75, 3.05) is 5.32 Å². The van der Waals surface area contributed by atoms with Crippen LogP contribution in [0.25, 0.3) is 0 Å². The second kappa shape index (κ2) is 8.35. The van der Waals surface area contributed by atoms with Gasteiger partial charge in [-0.05, 0) is 31.9 Å². The molecule has 0 aromatic heterocycles. The molecular formula is C17H25FN5OS+. The van der Waals surface area contributed by atoms with Crippen molar-refractivity contribution in [1.82, 2.24) is 0 Å². The zero-order valence-corrected chi connectivity index (χ0v) is 15.2. The first-order valence-corrected chi connectivity index (χ1v) is 8.67. The normalized spacial score (nSPS) is 21.9. The van der Waals surface area contributed by atoms with Crippen LogP contribution in [-0.4, -0.2) is 23.0 Å². The Morgan fingerprint density at radius 2 is 2.04 bits per heavy atom. The zero-order chi connectivity index (χ0) is 18.6. The highest BCUT2D eigenvalue weighted by Gasteiger charge is 2.23. The Kier molecular flexibility index (Phi) is 6.44. The lowest BCUT2D eigenvalue weighted by Crippen LogP contribution is -2.42. The minimum Gasteiger partial charge on any atom is -0.402 e. The van der Waals surface area contributed by atoms with Gasteiger partial charge in [0.2, 0.25) is 5.04 Å². The number of nitrogens with zero attached hydrogens (tertiary/aromatic N) is 1. The SMILES string of the molecule is CC(N)=CC([SH2+])=Nc1cc(N[C@@H]2CCCC[C@@H]2N)c(F)cc1C(N)=O. The van der Waals surface area contributed by atoms with Crippen LogP contribution < -0.4 is 22.5 Å². The molecule has 1 fully saturated rings. The second-order valence-electron chi connectivity index (χ2n) is 6.30. The van der Waals surface area contributed by atoms with Crippen LogP contribution in [0.3, 0.4) is 0 Å². The van der Waals surface area contributed by atoms with E-state index in [0.29, 0.717) is 10.7 Å². The fraction of sp³-hybridized carbons (Fsp3) is 0.412. The third-order valence-corrected chi connectivity index (χ3v) is 4.37. The predicted molar refractivity (Wildman–Crippen MR) is 104 cm³/mol. The van der Waals surface area contributed by atoms with Gasteiger partial charge in [0.05, 0.1) is 16.9 Å². The molecule has 0 spiro atoms. The fourth-order valence-corrected chi connectivity index (χ4v) is 3.23. The van der Waals surface area contributed by atoms with Crippen molar-refractivity contribution >= 4 is 35.0 Å². The number of carbonyl (C=O) groups excluding carboxylic acids is 1. The van der Waals surface area contributed by atoms with Crippen LogP contribution in [0, 0.1) is 5.82 Å². The summed E-state index contributed by atoms with van der Waals surface area (Å²) in [6.45, 7) is 1.70. The summed E-state index contributed by atoms with van der Waals surface area (Å²) >= 11 is 3.31. The third kappa shape index (κ3) is 5.20. The molecule has 1 saturated carbocycles. The van der Waals surface area contributed by atoms with Crippen molar-refractivity contribution in [2.45, 2.75) is 44.7 Å². The number of amides is 1. The Hall–Kier alpha value is -2.06. The highest BCUT2D eigenvalue weighted by atomic mass is 32.1. The Morgan fingerprint density at radius 1 is 1.36 bits per heavy atom. The Morgan fingerprint density at radius 3 is 2.64 bits per heavy atom. The lowest BCUT2D eigenvalue weighted by atomic mass is 9.91. The van der Waals surface area contributed by atoms with E-state index in [9.17, 15) is 9.18 Å². The molecule has 1 amide bonds. The van der Waals surface area contributed by atoms with Crippen molar-refractivity contribution in [2.24, 2.45) is 22.2 Å². The van der Waals surface area contributed by atoms with Crippen LogP contribution in [0.4, 0.5) is 15.8 Å². The Bertz CT molecular complexity index is 715. The van der Waals surface area contributed by atoms with E-state index in [0.717, 1.165) is 31.7 Å². The van der Waals surface area contributed by atoms with Crippen LogP contribution in [0.1, 0.15) is 43.0 Å². The summed E-state index contributed by atoms with van der Waals surface area (Å²) in [6, 6.07) is 2.51. The molecule has 0 heterocycles. The molecule has 0 unspecified atom stereocenters. The van der Waals surface area contributed by atoms with Crippen molar-refractivity contribution in [3.8, 4) is 0 Å². The van der Waals surface area contributed by atoms with E-state index in [2.05, 4.69) is 22.9 Å².